The third-order valence-electron chi connectivity index (χ3n) is 4.34. The number of carbonyl (C=O) groups excluding carboxylic acids is 1. The molecule has 3 atom stereocenters. The maximum atomic E-state index is 11.0. The lowest BCUT2D eigenvalue weighted by Crippen LogP contribution is -2.38. The van der Waals surface area contributed by atoms with Gasteiger partial charge in [-0.2, -0.15) is 0 Å². The van der Waals surface area contributed by atoms with Crippen molar-refractivity contribution in [3.05, 3.63) is 12.2 Å². The second kappa shape index (κ2) is 4.51. The molecule has 1 aliphatic carbocycles. The summed E-state index contributed by atoms with van der Waals surface area (Å²) in [6.45, 7) is 10.9. The Labute approximate surface area is 93.9 Å². The molecular formula is C14H24O. The largest absolute Gasteiger partial charge is 0.295 e. The molecule has 1 heteroatoms. The van der Waals surface area contributed by atoms with E-state index in [1.165, 1.54) is 12.8 Å². The molecule has 0 aliphatic heterocycles. The van der Waals surface area contributed by atoms with E-state index in [-0.39, 0.29) is 5.78 Å². The molecule has 0 saturated heterocycles. The van der Waals surface area contributed by atoms with Crippen molar-refractivity contribution in [1.29, 1.82) is 0 Å². The van der Waals surface area contributed by atoms with Crippen molar-refractivity contribution in [1.82, 2.24) is 0 Å². The quantitative estimate of drug-likeness (QED) is 0.630. The van der Waals surface area contributed by atoms with Gasteiger partial charge in [-0.25, -0.2) is 0 Å². The fraction of sp³-hybridized carbons (Fsp3) is 0.786. The van der Waals surface area contributed by atoms with E-state index in [0.29, 0.717) is 17.3 Å². The van der Waals surface area contributed by atoms with Gasteiger partial charge in [-0.15, -0.1) is 0 Å². The molecule has 0 aromatic carbocycles. The Kier molecular flexibility index (Phi) is 3.75. The van der Waals surface area contributed by atoms with E-state index in [1.54, 1.807) is 13.0 Å². The number of ketones is 1. The third kappa shape index (κ3) is 2.70. The molecule has 0 bridgehead atoms. The maximum Gasteiger partial charge on any atom is 0.152 e. The summed E-state index contributed by atoms with van der Waals surface area (Å²) in [6, 6.07) is 0. The van der Waals surface area contributed by atoms with Crippen molar-refractivity contribution in [3.8, 4) is 0 Å². The van der Waals surface area contributed by atoms with Crippen LogP contribution in [0.3, 0.4) is 0 Å². The third-order valence-corrected chi connectivity index (χ3v) is 4.34. The van der Waals surface area contributed by atoms with Crippen molar-refractivity contribution >= 4 is 5.78 Å². The number of carbonyl (C=O) groups is 1. The van der Waals surface area contributed by atoms with Gasteiger partial charge >= 0.3 is 0 Å². The van der Waals surface area contributed by atoms with Gasteiger partial charge in [0.15, 0.2) is 5.78 Å². The van der Waals surface area contributed by atoms with Crippen LogP contribution in [0.2, 0.25) is 0 Å². The predicted molar refractivity (Wildman–Crippen MR) is 64.7 cm³/mol. The Balaban J connectivity index is 2.85. The molecule has 0 heterocycles. The van der Waals surface area contributed by atoms with Gasteiger partial charge in [-0.1, -0.05) is 33.8 Å². The predicted octanol–water partition coefficient (Wildman–Crippen LogP) is 3.84. The van der Waals surface area contributed by atoms with Gasteiger partial charge in [0.2, 0.25) is 0 Å². The van der Waals surface area contributed by atoms with E-state index in [0.717, 1.165) is 5.92 Å². The van der Waals surface area contributed by atoms with Crippen LogP contribution in [0.15, 0.2) is 12.2 Å². The highest BCUT2D eigenvalue weighted by Crippen LogP contribution is 2.48. The lowest BCUT2D eigenvalue weighted by molar-refractivity contribution is -0.112. The second-order valence-electron chi connectivity index (χ2n) is 5.77. The molecular weight excluding hydrogens is 184 g/mol. The van der Waals surface area contributed by atoms with E-state index < -0.39 is 0 Å². The molecule has 0 N–H and O–H groups in total. The summed E-state index contributed by atoms with van der Waals surface area (Å²) in [4.78, 5) is 11.0. The van der Waals surface area contributed by atoms with Crippen molar-refractivity contribution in [3.63, 3.8) is 0 Å². The normalized spacial score (nSPS) is 35.7. The average molecular weight is 208 g/mol. The summed E-state index contributed by atoms with van der Waals surface area (Å²) < 4.78 is 0. The molecule has 1 saturated carbocycles. The molecule has 15 heavy (non-hydrogen) atoms. The first-order valence-corrected chi connectivity index (χ1v) is 6.04. The Morgan fingerprint density at radius 1 is 1.27 bits per heavy atom. The first kappa shape index (κ1) is 12.5. The minimum atomic E-state index is 0.163. The van der Waals surface area contributed by atoms with Crippen LogP contribution in [0.25, 0.3) is 0 Å². The van der Waals surface area contributed by atoms with Crippen molar-refractivity contribution in [2.24, 2.45) is 23.2 Å². The Morgan fingerprint density at radius 3 is 2.40 bits per heavy atom. The van der Waals surface area contributed by atoms with E-state index in [1.807, 2.05) is 0 Å². The van der Waals surface area contributed by atoms with Crippen molar-refractivity contribution < 1.29 is 4.79 Å². The number of hydrogen-bond donors (Lipinski definition) is 0. The monoisotopic (exact) mass is 208 g/mol. The van der Waals surface area contributed by atoms with Gasteiger partial charge < -0.3 is 0 Å². The maximum absolute atomic E-state index is 11.0. The van der Waals surface area contributed by atoms with Crippen LogP contribution in [0.5, 0.6) is 0 Å². The fourth-order valence-corrected chi connectivity index (χ4v) is 2.80. The molecule has 0 spiro atoms. The Hall–Kier alpha value is -0.590. The van der Waals surface area contributed by atoms with E-state index >= 15 is 0 Å². The van der Waals surface area contributed by atoms with Gasteiger partial charge in [0.1, 0.15) is 0 Å². The smallest absolute Gasteiger partial charge is 0.152 e. The van der Waals surface area contributed by atoms with Crippen molar-refractivity contribution in [2.75, 3.05) is 0 Å². The molecule has 1 rings (SSSR count). The molecule has 0 aromatic rings. The summed E-state index contributed by atoms with van der Waals surface area (Å²) >= 11 is 0. The Bertz CT molecular complexity index is 263. The van der Waals surface area contributed by atoms with Crippen LogP contribution in [-0.4, -0.2) is 5.78 Å². The molecule has 1 aliphatic rings. The molecule has 1 nitrogen and oxygen atoms in total. The van der Waals surface area contributed by atoms with Crippen molar-refractivity contribution in [2.45, 2.75) is 47.5 Å². The van der Waals surface area contributed by atoms with E-state index in [2.05, 4.69) is 33.8 Å². The molecule has 86 valence electrons. The highest BCUT2D eigenvalue weighted by Gasteiger charge is 2.39. The standard InChI is InChI=1S/C14H24O/c1-10-6-7-11(2)14(4,5)13(10)9-8-12(3)15/h8-11,13H,6-7H2,1-5H3/b9-8+/t10-,11+,13+/m1/s1. The molecule has 0 amide bonds. The SMILES string of the molecule is CC(=O)/C=C/[C@H]1[C@H](C)CC[C@H](C)C1(C)C. The van der Waals surface area contributed by atoms with Gasteiger partial charge in [-0.3, -0.25) is 4.79 Å². The first-order chi connectivity index (χ1) is 6.85. The van der Waals surface area contributed by atoms with Gasteiger partial charge in [0.25, 0.3) is 0 Å². The molecule has 0 radical (unpaired) electrons. The van der Waals surface area contributed by atoms with E-state index in [9.17, 15) is 4.79 Å². The first-order valence-electron chi connectivity index (χ1n) is 6.04. The highest BCUT2D eigenvalue weighted by molar-refractivity contribution is 5.87. The van der Waals surface area contributed by atoms with Crippen LogP contribution in [0.4, 0.5) is 0 Å². The Morgan fingerprint density at radius 2 is 1.87 bits per heavy atom. The lowest BCUT2D eigenvalue weighted by Gasteiger charge is -2.46. The summed E-state index contributed by atoms with van der Waals surface area (Å²) in [5, 5.41) is 0. The zero-order valence-corrected chi connectivity index (χ0v) is 10.7. The number of allylic oxidation sites excluding steroid dienone is 2. The minimum Gasteiger partial charge on any atom is -0.295 e. The topological polar surface area (TPSA) is 17.1 Å². The fourth-order valence-electron chi connectivity index (χ4n) is 2.80. The molecule has 0 aromatic heterocycles. The summed E-state index contributed by atoms with van der Waals surface area (Å²) in [6.07, 6.45) is 6.50. The van der Waals surface area contributed by atoms with Crippen LogP contribution in [0.1, 0.15) is 47.5 Å². The van der Waals surface area contributed by atoms with Gasteiger partial charge in [-0.05, 0) is 49.0 Å². The van der Waals surface area contributed by atoms with Crippen LogP contribution < -0.4 is 0 Å². The van der Waals surface area contributed by atoms with Gasteiger partial charge in [0.05, 0.1) is 0 Å². The zero-order chi connectivity index (χ0) is 11.6. The molecule has 1 fully saturated rings. The van der Waals surface area contributed by atoms with Crippen LogP contribution in [-0.2, 0) is 4.79 Å². The highest BCUT2D eigenvalue weighted by atomic mass is 16.1. The summed E-state index contributed by atoms with van der Waals surface area (Å²) in [7, 11) is 0. The summed E-state index contributed by atoms with van der Waals surface area (Å²) in [5.74, 6) is 2.16. The number of hydrogen-bond acceptors (Lipinski definition) is 1. The van der Waals surface area contributed by atoms with Gasteiger partial charge in [0, 0.05) is 0 Å². The zero-order valence-electron chi connectivity index (χ0n) is 10.7. The second-order valence-corrected chi connectivity index (χ2v) is 5.77. The van der Waals surface area contributed by atoms with E-state index in [4.69, 9.17) is 0 Å². The summed E-state index contributed by atoms with van der Waals surface area (Å²) in [5.41, 5.74) is 0.323. The number of rotatable bonds is 2. The average Bonchev–Trinajstić information content (AvgIpc) is 2.11. The lowest BCUT2D eigenvalue weighted by atomic mass is 9.59. The molecule has 0 unspecified atom stereocenters. The van der Waals surface area contributed by atoms with Crippen LogP contribution >= 0.6 is 0 Å². The van der Waals surface area contributed by atoms with Crippen LogP contribution in [0, 0.1) is 23.2 Å². The minimum absolute atomic E-state index is 0.163.